The summed E-state index contributed by atoms with van der Waals surface area (Å²) in [4.78, 5) is 20.0. The number of rotatable bonds is 7. The molecule has 7 nitrogen and oxygen atoms in total. The minimum Gasteiger partial charge on any atom is -0.379 e. The fourth-order valence-electron chi connectivity index (χ4n) is 4.65. The SMILES string of the molecule is CC/C(C)=C(/N=C(/C)c1ccc(=O)n(C2CCOC2)c1C)Nc1ccc(N2CCNCC2)cc1. The Hall–Kier alpha value is -2.90. The Labute approximate surface area is 202 Å². The highest BCUT2D eigenvalue weighted by Crippen LogP contribution is 2.23. The van der Waals surface area contributed by atoms with E-state index in [0.717, 1.165) is 67.5 Å². The van der Waals surface area contributed by atoms with E-state index >= 15 is 0 Å². The van der Waals surface area contributed by atoms with Crippen LogP contribution in [0.5, 0.6) is 0 Å². The summed E-state index contributed by atoms with van der Waals surface area (Å²) in [6, 6.07) is 12.2. The number of benzene rings is 1. The lowest BCUT2D eigenvalue weighted by atomic mass is 10.1. The first-order valence-corrected chi connectivity index (χ1v) is 12.4. The lowest BCUT2D eigenvalue weighted by Crippen LogP contribution is -2.43. The van der Waals surface area contributed by atoms with Crippen LogP contribution in [0.3, 0.4) is 0 Å². The van der Waals surface area contributed by atoms with Crippen LogP contribution in [-0.4, -0.2) is 49.7 Å². The zero-order chi connectivity index (χ0) is 24.1. The first-order valence-electron chi connectivity index (χ1n) is 12.4. The number of pyridine rings is 1. The summed E-state index contributed by atoms with van der Waals surface area (Å²) in [7, 11) is 0. The maximum atomic E-state index is 12.6. The minimum atomic E-state index is 0.0211. The normalized spacial score (nSPS) is 19.8. The third-order valence-electron chi connectivity index (χ3n) is 6.87. The highest BCUT2D eigenvalue weighted by Gasteiger charge is 2.21. The highest BCUT2D eigenvalue weighted by atomic mass is 16.5. The number of nitrogens with zero attached hydrogens (tertiary/aromatic N) is 3. The number of allylic oxidation sites excluding steroid dienone is 1. The molecule has 2 fully saturated rings. The molecule has 2 aliphatic rings. The van der Waals surface area contributed by atoms with Crippen LogP contribution in [0, 0.1) is 6.92 Å². The minimum absolute atomic E-state index is 0.0211. The van der Waals surface area contributed by atoms with Crippen LogP contribution >= 0.6 is 0 Å². The van der Waals surface area contributed by atoms with Crippen molar-refractivity contribution in [3.05, 3.63) is 69.4 Å². The van der Waals surface area contributed by atoms with Gasteiger partial charge in [-0.1, -0.05) is 6.92 Å². The van der Waals surface area contributed by atoms with E-state index in [1.807, 2.05) is 24.5 Å². The number of ether oxygens (including phenoxy) is 1. The molecule has 0 bridgehead atoms. The van der Waals surface area contributed by atoms with E-state index < -0.39 is 0 Å². The summed E-state index contributed by atoms with van der Waals surface area (Å²) >= 11 is 0. The van der Waals surface area contributed by atoms with Gasteiger partial charge in [0.2, 0.25) is 0 Å². The average molecular weight is 464 g/mol. The summed E-state index contributed by atoms with van der Waals surface area (Å²) in [5.74, 6) is 0.858. The molecule has 0 spiro atoms. The number of anilines is 2. The molecule has 1 aromatic heterocycles. The van der Waals surface area contributed by atoms with Crippen molar-refractivity contribution >= 4 is 17.1 Å². The molecule has 1 atom stereocenters. The van der Waals surface area contributed by atoms with Crippen molar-refractivity contribution in [3.63, 3.8) is 0 Å². The van der Waals surface area contributed by atoms with Crippen LogP contribution in [0.15, 0.2) is 57.6 Å². The summed E-state index contributed by atoms with van der Waals surface area (Å²) in [5, 5.41) is 6.93. The van der Waals surface area contributed by atoms with E-state index in [4.69, 9.17) is 9.73 Å². The Balaban J connectivity index is 1.58. The van der Waals surface area contributed by atoms with Crippen LogP contribution in [0.1, 0.15) is 50.9 Å². The zero-order valence-corrected chi connectivity index (χ0v) is 20.9. The van der Waals surface area contributed by atoms with Gasteiger partial charge in [-0.25, -0.2) is 4.99 Å². The quantitative estimate of drug-likeness (QED) is 0.605. The number of aromatic nitrogens is 1. The van der Waals surface area contributed by atoms with Crippen molar-refractivity contribution in [2.24, 2.45) is 4.99 Å². The standard InChI is InChI=1S/C27H37N5O2/c1-5-19(2)27(30-22-6-8-23(9-7-22)31-15-13-28-14-16-31)29-20(3)25-10-11-26(33)32(21(25)4)24-12-17-34-18-24/h6-11,24,28,30H,5,12-18H2,1-4H3/b27-19-,29-20-. The van der Waals surface area contributed by atoms with Gasteiger partial charge in [0.05, 0.1) is 12.6 Å². The first kappa shape index (κ1) is 24.2. The van der Waals surface area contributed by atoms with E-state index in [1.165, 1.54) is 11.3 Å². The van der Waals surface area contributed by atoms with E-state index in [2.05, 4.69) is 53.6 Å². The van der Waals surface area contributed by atoms with Gasteiger partial charge in [-0.05, 0) is 69.5 Å². The molecule has 0 aliphatic carbocycles. The van der Waals surface area contributed by atoms with Crippen LogP contribution in [0.25, 0.3) is 0 Å². The molecule has 0 radical (unpaired) electrons. The summed E-state index contributed by atoms with van der Waals surface area (Å²) in [5.41, 5.74) is 6.29. The Morgan fingerprint density at radius 2 is 1.88 bits per heavy atom. The molecule has 0 amide bonds. The van der Waals surface area contributed by atoms with Gasteiger partial charge in [-0.15, -0.1) is 0 Å². The summed E-state index contributed by atoms with van der Waals surface area (Å²) < 4.78 is 7.41. The number of aliphatic imine (C=N–C) groups is 1. The molecular formula is C27H37N5O2. The second-order valence-corrected chi connectivity index (χ2v) is 9.15. The molecule has 2 aromatic rings. The van der Waals surface area contributed by atoms with E-state index in [9.17, 15) is 4.79 Å². The molecule has 2 aliphatic heterocycles. The van der Waals surface area contributed by atoms with Gasteiger partial charge >= 0.3 is 0 Å². The van der Waals surface area contributed by atoms with Gasteiger partial charge < -0.3 is 24.8 Å². The number of piperazine rings is 1. The third-order valence-corrected chi connectivity index (χ3v) is 6.87. The van der Waals surface area contributed by atoms with Crippen molar-refractivity contribution in [1.29, 1.82) is 0 Å². The Bertz CT molecular complexity index is 1100. The molecule has 4 rings (SSSR count). The maximum Gasteiger partial charge on any atom is 0.251 e. The van der Waals surface area contributed by atoms with Gasteiger partial charge in [0.15, 0.2) is 0 Å². The predicted molar refractivity (Wildman–Crippen MR) is 140 cm³/mol. The second-order valence-electron chi connectivity index (χ2n) is 9.15. The van der Waals surface area contributed by atoms with Crippen molar-refractivity contribution < 1.29 is 4.74 Å². The van der Waals surface area contributed by atoms with Gasteiger partial charge in [0, 0.05) is 67.2 Å². The molecule has 3 heterocycles. The molecule has 0 saturated carbocycles. The number of hydrogen-bond donors (Lipinski definition) is 2. The second kappa shape index (κ2) is 11.0. The molecule has 7 heteroatoms. The largest absolute Gasteiger partial charge is 0.379 e. The summed E-state index contributed by atoms with van der Waals surface area (Å²) in [6.45, 7) is 13.7. The highest BCUT2D eigenvalue weighted by molar-refractivity contribution is 6.00. The zero-order valence-electron chi connectivity index (χ0n) is 20.9. The summed E-state index contributed by atoms with van der Waals surface area (Å²) in [6.07, 6.45) is 1.77. The number of nitrogens with one attached hydrogen (secondary N) is 2. The first-order chi connectivity index (χ1) is 16.5. The van der Waals surface area contributed by atoms with Crippen molar-refractivity contribution in [1.82, 2.24) is 9.88 Å². The molecule has 1 aromatic carbocycles. The van der Waals surface area contributed by atoms with Crippen molar-refractivity contribution in [2.75, 3.05) is 49.6 Å². The maximum absolute atomic E-state index is 12.6. The molecule has 182 valence electrons. The van der Waals surface area contributed by atoms with Crippen LogP contribution in [0.2, 0.25) is 0 Å². The van der Waals surface area contributed by atoms with E-state index in [0.29, 0.717) is 13.2 Å². The third kappa shape index (κ3) is 5.42. The van der Waals surface area contributed by atoms with E-state index in [1.54, 1.807) is 6.07 Å². The molecule has 2 saturated heterocycles. The topological polar surface area (TPSA) is 70.9 Å². The van der Waals surface area contributed by atoms with Gasteiger partial charge in [0.1, 0.15) is 5.82 Å². The fraction of sp³-hybridized carbons (Fsp3) is 0.481. The Morgan fingerprint density at radius 3 is 2.53 bits per heavy atom. The van der Waals surface area contributed by atoms with Gasteiger partial charge in [-0.3, -0.25) is 4.79 Å². The van der Waals surface area contributed by atoms with Gasteiger partial charge in [-0.2, -0.15) is 0 Å². The van der Waals surface area contributed by atoms with Crippen molar-refractivity contribution in [2.45, 2.75) is 46.6 Å². The predicted octanol–water partition coefficient (Wildman–Crippen LogP) is 4.09. The van der Waals surface area contributed by atoms with E-state index in [-0.39, 0.29) is 11.6 Å². The lowest BCUT2D eigenvalue weighted by Gasteiger charge is -2.29. The number of hydrogen-bond acceptors (Lipinski definition) is 6. The molecule has 2 N–H and O–H groups in total. The molecular weight excluding hydrogens is 426 g/mol. The Kier molecular flexibility index (Phi) is 7.85. The van der Waals surface area contributed by atoms with Crippen LogP contribution < -0.4 is 21.1 Å². The van der Waals surface area contributed by atoms with Gasteiger partial charge in [0.25, 0.3) is 5.56 Å². The van der Waals surface area contributed by atoms with Crippen LogP contribution in [-0.2, 0) is 4.74 Å². The lowest BCUT2D eigenvalue weighted by molar-refractivity contribution is 0.185. The smallest absolute Gasteiger partial charge is 0.251 e. The molecule has 34 heavy (non-hydrogen) atoms. The average Bonchev–Trinajstić information content (AvgIpc) is 3.38. The van der Waals surface area contributed by atoms with Crippen LogP contribution in [0.4, 0.5) is 11.4 Å². The Morgan fingerprint density at radius 1 is 1.15 bits per heavy atom. The molecule has 1 unspecified atom stereocenters. The van der Waals surface area contributed by atoms with Crippen molar-refractivity contribution in [3.8, 4) is 0 Å². The fourth-order valence-corrected chi connectivity index (χ4v) is 4.65. The monoisotopic (exact) mass is 463 g/mol.